The van der Waals surface area contributed by atoms with Crippen molar-refractivity contribution in [2.24, 2.45) is 0 Å². The summed E-state index contributed by atoms with van der Waals surface area (Å²) in [4.78, 5) is 13.3. The Labute approximate surface area is 174 Å². The second-order valence-electron chi connectivity index (χ2n) is 7.69. The molecule has 3 aromatic carbocycles. The van der Waals surface area contributed by atoms with Gasteiger partial charge in [0.1, 0.15) is 11.9 Å². The van der Waals surface area contributed by atoms with Crippen LogP contribution in [0.25, 0.3) is 27.7 Å². The molecule has 0 radical (unpaired) electrons. The Morgan fingerprint density at radius 3 is 2.47 bits per heavy atom. The largest absolute Gasteiger partial charge is 0.484 e. The van der Waals surface area contributed by atoms with Crippen molar-refractivity contribution < 1.29 is 4.74 Å². The van der Waals surface area contributed by atoms with Crippen LogP contribution in [0.4, 0.5) is 0 Å². The van der Waals surface area contributed by atoms with Crippen LogP contribution in [0, 0.1) is 0 Å². The van der Waals surface area contributed by atoms with Crippen LogP contribution in [0.5, 0.6) is 5.75 Å². The van der Waals surface area contributed by atoms with Crippen LogP contribution in [0.2, 0.25) is 0 Å². The number of ether oxygens (including phenoxy) is 1. The number of hydrogen-bond acceptors (Lipinski definition) is 2. The third-order valence-corrected chi connectivity index (χ3v) is 5.97. The van der Waals surface area contributed by atoms with Crippen molar-refractivity contribution in [3.8, 4) is 22.6 Å². The van der Waals surface area contributed by atoms with Crippen molar-refractivity contribution in [2.45, 2.75) is 12.0 Å². The molecule has 6 rings (SSSR count). The summed E-state index contributed by atoms with van der Waals surface area (Å²) in [6, 6.07) is 25.8. The molecule has 0 saturated carbocycles. The molecule has 2 heterocycles. The van der Waals surface area contributed by atoms with Gasteiger partial charge in [-0.25, -0.2) is 0 Å². The van der Waals surface area contributed by atoms with Crippen LogP contribution in [0.15, 0.2) is 108 Å². The predicted molar refractivity (Wildman–Crippen MR) is 120 cm³/mol. The molecule has 1 aromatic heterocycles. The normalized spacial score (nSPS) is 18.8. The Morgan fingerprint density at radius 2 is 1.57 bits per heavy atom. The lowest BCUT2D eigenvalue weighted by atomic mass is 9.90. The lowest BCUT2D eigenvalue weighted by Gasteiger charge is -2.16. The quantitative estimate of drug-likeness (QED) is 0.445. The van der Waals surface area contributed by atoms with E-state index < -0.39 is 0 Å². The lowest BCUT2D eigenvalue weighted by Crippen LogP contribution is -2.18. The molecule has 0 N–H and O–H groups in total. The van der Waals surface area contributed by atoms with Crippen molar-refractivity contribution >= 4 is 10.9 Å². The molecule has 2 atom stereocenters. The summed E-state index contributed by atoms with van der Waals surface area (Å²) >= 11 is 0. The van der Waals surface area contributed by atoms with Crippen LogP contribution in [0.1, 0.15) is 11.5 Å². The summed E-state index contributed by atoms with van der Waals surface area (Å²) in [5, 5.41) is 1.03. The van der Waals surface area contributed by atoms with Gasteiger partial charge in [0, 0.05) is 39.7 Å². The highest BCUT2D eigenvalue weighted by Gasteiger charge is 2.34. The number of para-hydroxylation sites is 3. The second kappa shape index (κ2) is 6.60. The summed E-state index contributed by atoms with van der Waals surface area (Å²) < 4.78 is 8.13. The Bertz CT molecular complexity index is 1400. The molecule has 3 heteroatoms. The van der Waals surface area contributed by atoms with Gasteiger partial charge in [-0.05, 0) is 24.3 Å². The number of nitrogens with zero attached hydrogens (tertiary/aromatic N) is 1. The molecule has 0 saturated heterocycles. The second-order valence-corrected chi connectivity index (χ2v) is 7.69. The van der Waals surface area contributed by atoms with E-state index in [1.165, 1.54) is 5.56 Å². The number of aromatic nitrogens is 1. The Balaban J connectivity index is 1.62. The van der Waals surface area contributed by atoms with Gasteiger partial charge in [-0.1, -0.05) is 72.8 Å². The van der Waals surface area contributed by atoms with E-state index >= 15 is 0 Å². The highest BCUT2D eigenvalue weighted by atomic mass is 16.5. The molecule has 2 unspecified atom stereocenters. The first-order chi connectivity index (χ1) is 14.8. The van der Waals surface area contributed by atoms with Gasteiger partial charge >= 0.3 is 0 Å². The first-order valence-electron chi connectivity index (χ1n) is 10.2. The van der Waals surface area contributed by atoms with Gasteiger partial charge in [0.05, 0.1) is 5.52 Å². The monoisotopic (exact) mass is 389 g/mol. The molecular weight excluding hydrogens is 370 g/mol. The summed E-state index contributed by atoms with van der Waals surface area (Å²) in [7, 11) is 0. The van der Waals surface area contributed by atoms with Crippen LogP contribution in [0.3, 0.4) is 0 Å². The zero-order valence-corrected chi connectivity index (χ0v) is 16.2. The molecule has 0 spiro atoms. The highest BCUT2D eigenvalue weighted by molar-refractivity contribution is 5.97. The topological polar surface area (TPSA) is 31.2 Å². The predicted octanol–water partition coefficient (Wildman–Crippen LogP) is 5.63. The van der Waals surface area contributed by atoms with Gasteiger partial charge in [0.15, 0.2) is 0 Å². The van der Waals surface area contributed by atoms with Crippen LogP contribution < -0.4 is 10.3 Å². The van der Waals surface area contributed by atoms with E-state index in [9.17, 15) is 4.79 Å². The number of hydrogen-bond donors (Lipinski definition) is 0. The minimum atomic E-state index is -0.0530. The molecule has 3 nitrogen and oxygen atoms in total. The minimum absolute atomic E-state index is 0.0158. The van der Waals surface area contributed by atoms with E-state index in [4.69, 9.17) is 4.74 Å². The molecule has 0 amide bonds. The van der Waals surface area contributed by atoms with E-state index in [0.717, 1.165) is 33.5 Å². The average Bonchev–Trinajstić information content (AvgIpc) is 3.18. The van der Waals surface area contributed by atoms with E-state index in [1.807, 2.05) is 54.6 Å². The average molecular weight is 389 g/mol. The third kappa shape index (κ3) is 2.49. The van der Waals surface area contributed by atoms with Crippen LogP contribution in [-0.4, -0.2) is 10.7 Å². The Hall–Kier alpha value is -3.85. The van der Waals surface area contributed by atoms with Gasteiger partial charge < -0.3 is 4.74 Å². The maximum absolute atomic E-state index is 13.3. The molecule has 30 heavy (non-hydrogen) atoms. The molecule has 4 aromatic rings. The number of allylic oxidation sites excluding steroid dienone is 2. The fraction of sp³-hybridized carbons (Fsp3) is 0.0741. The molecule has 1 aliphatic carbocycles. The third-order valence-electron chi connectivity index (χ3n) is 5.97. The molecule has 0 fully saturated rings. The van der Waals surface area contributed by atoms with E-state index in [0.29, 0.717) is 0 Å². The minimum Gasteiger partial charge on any atom is -0.484 e. The van der Waals surface area contributed by atoms with Gasteiger partial charge in [0.2, 0.25) is 0 Å². The first-order valence-corrected chi connectivity index (χ1v) is 10.2. The fourth-order valence-electron chi connectivity index (χ4n) is 4.62. The number of fused-ring (bicyclic) bond motifs is 4. The zero-order valence-electron chi connectivity index (χ0n) is 16.2. The Morgan fingerprint density at radius 1 is 0.767 bits per heavy atom. The fourth-order valence-corrected chi connectivity index (χ4v) is 4.62. The summed E-state index contributed by atoms with van der Waals surface area (Å²) in [5.74, 6) is 1.10. The number of pyridine rings is 1. The van der Waals surface area contributed by atoms with Gasteiger partial charge in [-0.3, -0.25) is 9.36 Å². The first kappa shape index (κ1) is 17.0. The lowest BCUT2D eigenvalue weighted by molar-refractivity contribution is 0.270. The summed E-state index contributed by atoms with van der Waals surface area (Å²) in [6.45, 7) is 0. The van der Waals surface area contributed by atoms with Gasteiger partial charge in [-0.2, -0.15) is 0 Å². The SMILES string of the molecule is O=c1cc(-c2cccc3c2OC2C=CC=CC32)c2ccccc2n1-c1ccccc1. The van der Waals surface area contributed by atoms with E-state index in [2.05, 4.69) is 42.5 Å². The van der Waals surface area contributed by atoms with Crippen LogP contribution >= 0.6 is 0 Å². The molecule has 144 valence electrons. The molecule has 2 aliphatic rings. The summed E-state index contributed by atoms with van der Waals surface area (Å²) in [6.07, 6.45) is 8.40. The Kier molecular flexibility index (Phi) is 3.75. The van der Waals surface area contributed by atoms with Crippen molar-refractivity contribution in [3.63, 3.8) is 0 Å². The van der Waals surface area contributed by atoms with Gasteiger partial charge in [-0.15, -0.1) is 0 Å². The van der Waals surface area contributed by atoms with Gasteiger partial charge in [0.25, 0.3) is 5.56 Å². The number of rotatable bonds is 2. The van der Waals surface area contributed by atoms with Crippen molar-refractivity contribution in [3.05, 3.63) is 119 Å². The van der Waals surface area contributed by atoms with E-state index in [-0.39, 0.29) is 17.6 Å². The molecule has 1 aliphatic heterocycles. The maximum atomic E-state index is 13.3. The summed E-state index contributed by atoms with van der Waals surface area (Å²) in [5.41, 5.74) is 4.75. The standard InChI is InChI=1S/C27H19NO2/c29-26-17-23(19-11-4-6-15-24(19)28(26)18-9-2-1-3-10-18)22-14-8-13-21-20-12-5-7-16-25(20)30-27(21)22/h1-17,20,25H. The van der Waals surface area contributed by atoms with Crippen molar-refractivity contribution in [1.29, 1.82) is 0 Å². The van der Waals surface area contributed by atoms with E-state index in [1.54, 1.807) is 10.6 Å². The number of benzene rings is 3. The highest BCUT2D eigenvalue weighted by Crippen LogP contribution is 2.47. The van der Waals surface area contributed by atoms with Crippen LogP contribution in [-0.2, 0) is 0 Å². The smallest absolute Gasteiger partial charge is 0.256 e. The maximum Gasteiger partial charge on any atom is 0.256 e. The molecular formula is C27H19NO2. The molecule has 0 bridgehead atoms. The van der Waals surface area contributed by atoms with Crippen molar-refractivity contribution in [2.75, 3.05) is 0 Å². The van der Waals surface area contributed by atoms with Crippen molar-refractivity contribution in [1.82, 2.24) is 4.57 Å². The zero-order chi connectivity index (χ0) is 20.1.